The fourth-order valence-electron chi connectivity index (χ4n) is 2.49. The minimum absolute atomic E-state index is 0.679. The summed E-state index contributed by atoms with van der Waals surface area (Å²) in [6, 6.07) is 6.21. The predicted octanol–water partition coefficient (Wildman–Crippen LogP) is 4.84. The lowest BCUT2D eigenvalue weighted by Gasteiger charge is -2.06. The van der Waals surface area contributed by atoms with E-state index in [1.807, 2.05) is 6.07 Å². The van der Waals surface area contributed by atoms with Crippen LogP contribution in [-0.4, -0.2) is 11.1 Å². The molecule has 0 spiro atoms. The van der Waals surface area contributed by atoms with E-state index in [2.05, 4.69) is 49.0 Å². The number of nitrogens with zero attached hydrogens (tertiary/aromatic N) is 1. The van der Waals surface area contributed by atoms with E-state index in [-0.39, 0.29) is 0 Å². The van der Waals surface area contributed by atoms with Crippen molar-refractivity contribution in [1.29, 1.82) is 0 Å². The normalized spacial score (nSPS) is 11.7. The molecule has 1 heterocycles. The SMILES string of the molecule is CCCCn1cc(CNCC(C)C)c2ccc(Cl)cc21. The van der Waals surface area contributed by atoms with Gasteiger partial charge in [0.05, 0.1) is 0 Å². The largest absolute Gasteiger partial charge is 0.347 e. The van der Waals surface area contributed by atoms with Gasteiger partial charge < -0.3 is 9.88 Å². The van der Waals surface area contributed by atoms with E-state index in [4.69, 9.17) is 11.6 Å². The number of hydrogen-bond acceptors (Lipinski definition) is 1. The number of unbranched alkanes of at least 4 members (excludes halogenated alkanes) is 1. The van der Waals surface area contributed by atoms with Gasteiger partial charge in [-0.3, -0.25) is 0 Å². The van der Waals surface area contributed by atoms with Gasteiger partial charge in [-0.25, -0.2) is 0 Å². The van der Waals surface area contributed by atoms with Crippen LogP contribution in [0.15, 0.2) is 24.4 Å². The summed E-state index contributed by atoms with van der Waals surface area (Å²) < 4.78 is 2.34. The lowest BCUT2D eigenvalue weighted by molar-refractivity contribution is 0.552. The van der Waals surface area contributed by atoms with Gasteiger partial charge in [-0.1, -0.05) is 44.9 Å². The molecule has 1 aromatic heterocycles. The first-order valence-corrected chi connectivity index (χ1v) is 7.97. The molecule has 20 heavy (non-hydrogen) atoms. The second-order valence-corrected chi connectivity index (χ2v) is 6.32. The molecule has 110 valence electrons. The quantitative estimate of drug-likeness (QED) is 0.772. The molecule has 0 saturated heterocycles. The first kappa shape index (κ1) is 15.4. The average molecular weight is 293 g/mol. The Bertz CT molecular complexity index is 557. The van der Waals surface area contributed by atoms with E-state index in [1.165, 1.54) is 29.3 Å². The number of aryl methyl sites for hydroxylation is 1. The number of rotatable bonds is 7. The number of aromatic nitrogens is 1. The molecule has 0 aliphatic rings. The van der Waals surface area contributed by atoms with E-state index in [0.29, 0.717) is 5.92 Å². The summed E-state index contributed by atoms with van der Waals surface area (Å²) in [4.78, 5) is 0. The van der Waals surface area contributed by atoms with Gasteiger partial charge in [0.25, 0.3) is 0 Å². The molecule has 2 nitrogen and oxygen atoms in total. The van der Waals surface area contributed by atoms with Gasteiger partial charge >= 0.3 is 0 Å². The van der Waals surface area contributed by atoms with Crippen LogP contribution in [0.3, 0.4) is 0 Å². The first-order valence-electron chi connectivity index (χ1n) is 7.59. The molecule has 0 atom stereocenters. The Hall–Kier alpha value is -0.990. The Morgan fingerprint density at radius 3 is 2.80 bits per heavy atom. The van der Waals surface area contributed by atoms with Crippen molar-refractivity contribution in [2.24, 2.45) is 5.92 Å². The molecule has 0 aliphatic heterocycles. The van der Waals surface area contributed by atoms with Crippen LogP contribution in [0.5, 0.6) is 0 Å². The summed E-state index contributed by atoms with van der Waals surface area (Å²) >= 11 is 6.15. The summed E-state index contributed by atoms with van der Waals surface area (Å²) in [7, 11) is 0. The lowest BCUT2D eigenvalue weighted by atomic mass is 10.1. The Kier molecular flexibility index (Phi) is 5.50. The lowest BCUT2D eigenvalue weighted by Crippen LogP contribution is -2.18. The van der Waals surface area contributed by atoms with Gasteiger partial charge in [-0.05, 0) is 36.6 Å². The van der Waals surface area contributed by atoms with Crippen molar-refractivity contribution in [2.45, 2.75) is 46.7 Å². The highest BCUT2D eigenvalue weighted by Crippen LogP contribution is 2.25. The summed E-state index contributed by atoms with van der Waals surface area (Å²) in [5.74, 6) is 0.679. The number of hydrogen-bond donors (Lipinski definition) is 1. The zero-order valence-electron chi connectivity index (χ0n) is 12.7. The van der Waals surface area contributed by atoms with Crippen molar-refractivity contribution in [3.63, 3.8) is 0 Å². The molecule has 2 rings (SSSR count). The molecule has 0 bridgehead atoms. The standard InChI is InChI=1S/C17H25ClN2/c1-4-5-8-20-12-14(11-19-10-13(2)3)16-7-6-15(18)9-17(16)20/h6-7,9,12-13,19H,4-5,8,10-11H2,1-3H3. The highest BCUT2D eigenvalue weighted by molar-refractivity contribution is 6.31. The molecular formula is C17H25ClN2. The Morgan fingerprint density at radius 2 is 2.10 bits per heavy atom. The van der Waals surface area contributed by atoms with E-state index < -0.39 is 0 Å². The van der Waals surface area contributed by atoms with Crippen LogP contribution < -0.4 is 5.32 Å². The molecule has 0 aliphatic carbocycles. The molecule has 2 aromatic rings. The molecule has 0 unspecified atom stereocenters. The fraction of sp³-hybridized carbons (Fsp3) is 0.529. The highest BCUT2D eigenvalue weighted by atomic mass is 35.5. The Morgan fingerprint density at radius 1 is 1.30 bits per heavy atom. The number of fused-ring (bicyclic) bond motifs is 1. The first-order chi connectivity index (χ1) is 9.61. The summed E-state index contributed by atoms with van der Waals surface area (Å²) in [6.07, 6.45) is 4.69. The maximum absolute atomic E-state index is 6.15. The smallest absolute Gasteiger partial charge is 0.0498 e. The van der Waals surface area contributed by atoms with Gasteiger partial charge in [0.15, 0.2) is 0 Å². The van der Waals surface area contributed by atoms with Crippen molar-refractivity contribution in [3.8, 4) is 0 Å². The number of benzene rings is 1. The average Bonchev–Trinajstić information content (AvgIpc) is 2.73. The van der Waals surface area contributed by atoms with E-state index >= 15 is 0 Å². The molecule has 0 saturated carbocycles. The van der Waals surface area contributed by atoms with Crippen LogP contribution in [0, 0.1) is 5.92 Å². The third-order valence-corrected chi connectivity index (χ3v) is 3.78. The van der Waals surface area contributed by atoms with Crippen LogP contribution >= 0.6 is 11.6 Å². The van der Waals surface area contributed by atoms with Crippen molar-refractivity contribution in [3.05, 3.63) is 35.0 Å². The van der Waals surface area contributed by atoms with Crippen LogP contribution in [0.25, 0.3) is 10.9 Å². The molecular weight excluding hydrogens is 268 g/mol. The minimum Gasteiger partial charge on any atom is -0.347 e. The number of halogens is 1. The third kappa shape index (κ3) is 3.77. The van der Waals surface area contributed by atoms with Crippen molar-refractivity contribution >= 4 is 22.5 Å². The van der Waals surface area contributed by atoms with Crippen molar-refractivity contribution in [1.82, 2.24) is 9.88 Å². The van der Waals surface area contributed by atoms with Gasteiger partial charge in [-0.2, -0.15) is 0 Å². The minimum atomic E-state index is 0.679. The molecule has 1 N–H and O–H groups in total. The maximum atomic E-state index is 6.15. The van der Waals surface area contributed by atoms with Gasteiger partial charge in [-0.15, -0.1) is 0 Å². The van der Waals surface area contributed by atoms with E-state index in [1.54, 1.807) is 0 Å². The highest BCUT2D eigenvalue weighted by Gasteiger charge is 2.09. The van der Waals surface area contributed by atoms with Crippen LogP contribution in [-0.2, 0) is 13.1 Å². The molecule has 1 aromatic carbocycles. The monoisotopic (exact) mass is 292 g/mol. The third-order valence-electron chi connectivity index (χ3n) is 3.55. The summed E-state index contributed by atoms with van der Waals surface area (Å²) in [6.45, 7) is 9.74. The van der Waals surface area contributed by atoms with Crippen LogP contribution in [0.1, 0.15) is 39.2 Å². The van der Waals surface area contributed by atoms with Gasteiger partial charge in [0.2, 0.25) is 0 Å². The molecule has 0 amide bonds. The zero-order chi connectivity index (χ0) is 14.5. The Balaban J connectivity index is 2.24. The van der Waals surface area contributed by atoms with Crippen molar-refractivity contribution < 1.29 is 0 Å². The molecule has 3 heteroatoms. The van der Waals surface area contributed by atoms with E-state index in [9.17, 15) is 0 Å². The summed E-state index contributed by atoms with van der Waals surface area (Å²) in [5.41, 5.74) is 2.63. The second-order valence-electron chi connectivity index (χ2n) is 5.89. The van der Waals surface area contributed by atoms with E-state index in [0.717, 1.165) is 24.7 Å². The van der Waals surface area contributed by atoms with Crippen molar-refractivity contribution in [2.75, 3.05) is 6.54 Å². The Labute approximate surface area is 127 Å². The molecule has 0 radical (unpaired) electrons. The fourth-order valence-corrected chi connectivity index (χ4v) is 2.66. The predicted molar refractivity (Wildman–Crippen MR) is 88.4 cm³/mol. The number of nitrogens with one attached hydrogen (secondary N) is 1. The summed E-state index contributed by atoms with van der Waals surface area (Å²) in [5, 5.41) is 5.67. The van der Waals surface area contributed by atoms with Gasteiger partial charge in [0.1, 0.15) is 0 Å². The zero-order valence-corrected chi connectivity index (χ0v) is 13.5. The van der Waals surface area contributed by atoms with Crippen LogP contribution in [0.4, 0.5) is 0 Å². The topological polar surface area (TPSA) is 17.0 Å². The van der Waals surface area contributed by atoms with Crippen LogP contribution in [0.2, 0.25) is 5.02 Å². The molecule has 0 fully saturated rings. The maximum Gasteiger partial charge on any atom is 0.0498 e. The van der Waals surface area contributed by atoms with Gasteiger partial charge in [0, 0.05) is 35.2 Å². The second kappa shape index (κ2) is 7.14.